The Morgan fingerprint density at radius 1 is 1.43 bits per heavy atom. The molecule has 0 radical (unpaired) electrons. The number of carboxylic acids is 1. The Hall–Kier alpha value is -0.650. The molecule has 0 aliphatic heterocycles. The van der Waals surface area contributed by atoms with Gasteiger partial charge in [0.25, 0.3) is 0 Å². The van der Waals surface area contributed by atoms with Crippen molar-refractivity contribution < 1.29 is 19.4 Å². The van der Waals surface area contributed by atoms with Crippen molar-refractivity contribution in [2.45, 2.75) is 6.42 Å². The highest BCUT2D eigenvalue weighted by molar-refractivity contribution is 5.80. The molecule has 1 aliphatic rings. The van der Waals surface area contributed by atoms with Crippen LogP contribution in [0.1, 0.15) is 6.42 Å². The van der Waals surface area contributed by atoms with E-state index in [1.54, 1.807) is 14.2 Å². The second-order valence-corrected chi connectivity index (χ2v) is 3.91. The van der Waals surface area contributed by atoms with Gasteiger partial charge >= 0.3 is 5.97 Å². The van der Waals surface area contributed by atoms with E-state index in [1.807, 2.05) is 0 Å². The zero-order chi connectivity index (χ0) is 10.8. The first-order valence-electron chi connectivity index (χ1n) is 4.50. The van der Waals surface area contributed by atoms with Gasteiger partial charge in [-0.15, -0.1) is 0 Å². The summed E-state index contributed by atoms with van der Waals surface area (Å²) in [6.45, 7) is 0.893. The predicted octanol–water partition coefficient (Wildman–Crippen LogP) is -0.301. The first kappa shape index (κ1) is 11.4. The molecule has 1 saturated carbocycles. The number of hydrogen-bond donors (Lipinski definition) is 2. The molecule has 1 unspecified atom stereocenters. The Morgan fingerprint density at radius 3 is 2.14 bits per heavy atom. The maximum absolute atomic E-state index is 11.1. The summed E-state index contributed by atoms with van der Waals surface area (Å²) >= 11 is 0. The lowest BCUT2D eigenvalue weighted by Crippen LogP contribution is -2.35. The fourth-order valence-corrected chi connectivity index (χ4v) is 2.18. The van der Waals surface area contributed by atoms with Gasteiger partial charge in [0, 0.05) is 26.2 Å². The average Bonchev–Trinajstić information content (AvgIpc) is 2.76. The van der Waals surface area contributed by atoms with Crippen LogP contribution in [0.25, 0.3) is 0 Å². The summed E-state index contributed by atoms with van der Waals surface area (Å²) in [5.74, 6) is -0.853. The first-order valence-corrected chi connectivity index (χ1v) is 4.50. The van der Waals surface area contributed by atoms with Gasteiger partial charge in [0.1, 0.15) is 0 Å². The van der Waals surface area contributed by atoms with Crippen molar-refractivity contribution in [3.63, 3.8) is 0 Å². The zero-order valence-electron chi connectivity index (χ0n) is 8.58. The van der Waals surface area contributed by atoms with Crippen LogP contribution in [0.3, 0.4) is 0 Å². The van der Waals surface area contributed by atoms with E-state index in [-0.39, 0.29) is 6.54 Å². The summed E-state index contributed by atoms with van der Waals surface area (Å²) in [5.41, 5.74) is 4.23. The number of hydrogen-bond acceptors (Lipinski definition) is 4. The molecule has 5 heteroatoms. The number of methoxy groups -OCH3 is 2. The Kier molecular flexibility index (Phi) is 3.14. The lowest BCUT2D eigenvalue weighted by molar-refractivity contribution is -0.145. The van der Waals surface area contributed by atoms with Gasteiger partial charge in [-0.05, 0) is 6.42 Å². The minimum absolute atomic E-state index is 0.134. The average molecular weight is 203 g/mol. The maximum atomic E-state index is 11.1. The normalized spacial score (nSPS) is 28.8. The maximum Gasteiger partial charge on any atom is 0.311 e. The van der Waals surface area contributed by atoms with Crippen molar-refractivity contribution in [2.75, 3.05) is 34.0 Å². The van der Waals surface area contributed by atoms with Crippen LogP contribution in [0, 0.1) is 10.8 Å². The minimum atomic E-state index is -0.853. The van der Waals surface area contributed by atoms with Crippen LogP contribution in [0.2, 0.25) is 0 Å². The number of nitrogens with two attached hydrogens (primary N) is 1. The van der Waals surface area contributed by atoms with E-state index in [1.165, 1.54) is 0 Å². The third kappa shape index (κ3) is 1.41. The number of carbonyl (C=O) groups is 1. The lowest BCUT2D eigenvalue weighted by atomic mass is 9.94. The van der Waals surface area contributed by atoms with Gasteiger partial charge in [-0.25, -0.2) is 0 Å². The standard InChI is InChI=1S/C9H17NO4/c1-13-5-8(6-14-2)3-9(8,4-10)7(11)12/h3-6,10H2,1-2H3,(H,11,12). The molecular formula is C9H17NO4. The van der Waals surface area contributed by atoms with Gasteiger partial charge in [0.15, 0.2) is 0 Å². The molecule has 0 aromatic heterocycles. The summed E-state index contributed by atoms with van der Waals surface area (Å²) in [6.07, 6.45) is 0.535. The molecule has 0 amide bonds. The number of rotatable bonds is 6. The molecule has 0 saturated heterocycles. The van der Waals surface area contributed by atoms with E-state index < -0.39 is 16.8 Å². The van der Waals surface area contributed by atoms with E-state index >= 15 is 0 Å². The Balaban J connectivity index is 2.79. The van der Waals surface area contributed by atoms with Crippen molar-refractivity contribution in [1.82, 2.24) is 0 Å². The zero-order valence-corrected chi connectivity index (χ0v) is 8.58. The van der Waals surface area contributed by atoms with Crippen molar-refractivity contribution in [3.8, 4) is 0 Å². The van der Waals surface area contributed by atoms with Crippen LogP contribution in [0.4, 0.5) is 0 Å². The molecule has 82 valence electrons. The number of aliphatic carboxylic acids is 1. The molecule has 5 nitrogen and oxygen atoms in total. The van der Waals surface area contributed by atoms with E-state index in [4.69, 9.17) is 20.3 Å². The molecule has 0 bridgehead atoms. The molecule has 0 heterocycles. The molecule has 0 spiro atoms. The second-order valence-electron chi connectivity index (χ2n) is 3.91. The molecule has 1 aliphatic carbocycles. The van der Waals surface area contributed by atoms with E-state index in [9.17, 15) is 4.79 Å². The van der Waals surface area contributed by atoms with Gasteiger partial charge in [-0.1, -0.05) is 0 Å². The molecular weight excluding hydrogens is 186 g/mol. The molecule has 1 rings (SSSR count). The lowest BCUT2D eigenvalue weighted by Gasteiger charge is -2.20. The summed E-state index contributed by atoms with van der Waals surface area (Å²) in [7, 11) is 3.11. The Bertz CT molecular complexity index is 225. The highest BCUT2D eigenvalue weighted by atomic mass is 16.5. The van der Waals surface area contributed by atoms with Gasteiger partial charge in [-0.2, -0.15) is 0 Å². The minimum Gasteiger partial charge on any atom is -0.481 e. The SMILES string of the molecule is COCC1(COC)CC1(CN)C(=O)O. The number of carboxylic acid groups (broad SMARTS) is 1. The van der Waals surface area contributed by atoms with Crippen molar-refractivity contribution in [3.05, 3.63) is 0 Å². The predicted molar refractivity (Wildman–Crippen MR) is 49.9 cm³/mol. The molecule has 14 heavy (non-hydrogen) atoms. The summed E-state index contributed by atoms with van der Waals surface area (Å²) in [6, 6.07) is 0. The molecule has 0 aromatic rings. The van der Waals surface area contributed by atoms with Crippen LogP contribution >= 0.6 is 0 Å². The quantitative estimate of drug-likeness (QED) is 0.619. The van der Waals surface area contributed by atoms with Crippen molar-refractivity contribution in [2.24, 2.45) is 16.6 Å². The first-order chi connectivity index (χ1) is 6.58. The fourth-order valence-electron chi connectivity index (χ4n) is 2.18. The largest absolute Gasteiger partial charge is 0.481 e. The summed E-state index contributed by atoms with van der Waals surface area (Å²) in [4.78, 5) is 11.1. The van der Waals surface area contributed by atoms with E-state index in [0.29, 0.717) is 19.6 Å². The topological polar surface area (TPSA) is 81.8 Å². The molecule has 1 fully saturated rings. The van der Waals surface area contributed by atoms with Crippen molar-refractivity contribution in [1.29, 1.82) is 0 Å². The van der Waals surface area contributed by atoms with Gasteiger partial charge in [0.2, 0.25) is 0 Å². The van der Waals surface area contributed by atoms with Crippen LogP contribution in [-0.4, -0.2) is 45.1 Å². The molecule has 3 N–H and O–H groups in total. The van der Waals surface area contributed by atoms with Crippen LogP contribution in [-0.2, 0) is 14.3 Å². The monoisotopic (exact) mass is 203 g/mol. The third-order valence-electron chi connectivity index (χ3n) is 3.13. The summed E-state index contributed by atoms with van der Waals surface area (Å²) in [5, 5.41) is 9.10. The molecule has 1 atom stereocenters. The third-order valence-corrected chi connectivity index (χ3v) is 3.13. The van der Waals surface area contributed by atoms with E-state index in [0.717, 1.165) is 0 Å². The fraction of sp³-hybridized carbons (Fsp3) is 0.889. The second kappa shape index (κ2) is 3.84. The van der Waals surface area contributed by atoms with Crippen LogP contribution < -0.4 is 5.73 Å². The highest BCUT2D eigenvalue weighted by Gasteiger charge is 2.71. The van der Waals surface area contributed by atoms with Gasteiger partial charge in [0.05, 0.1) is 18.6 Å². The van der Waals surface area contributed by atoms with Gasteiger partial charge < -0.3 is 20.3 Å². The van der Waals surface area contributed by atoms with Crippen LogP contribution in [0.15, 0.2) is 0 Å². The van der Waals surface area contributed by atoms with E-state index in [2.05, 4.69) is 0 Å². The number of ether oxygens (including phenoxy) is 2. The Labute approximate surface area is 83.2 Å². The van der Waals surface area contributed by atoms with Crippen LogP contribution in [0.5, 0.6) is 0 Å². The Morgan fingerprint density at radius 2 is 1.93 bits per heavy atom. The highest BCUT2D eigenvalue weighted by Crippen LogP contribution is 2.63. The summed E-state index contributed by atoms with van der Waals surface area (Å²) < 4.78 is 10.1. The smallest absolute Gasteiger partial charge is 0.311 e. The molecule has 0 aromatic carbocycles. The van der Waals surface area contributed by atoms with Crippen molar-refractivity contribution >= 4 is 5.97 Å². The van der Waals surface area contributed by atoms with Gasteiger partial charge in [-0.3, -0.25) is 4.79 Å².